The van der Waals surface area contributed by atoms with Crippen LogP contribution in [0.1, 0.15) is 38.2 Å². The number of rotatable bonds is 7. The van der Waals surface area contributed by atoms with Crippen LogP contribution in [0.25, 0.3) is 0 Å². The molecule has 1 atom stereocenters. The first-order valence-electron chi connectivity index (χ1n) is 7.49. The highest BCUT2D eigenvalue weighted by Gasteiger charge is 2.34. The van der Waals surface area contributed by atoms with E-state index in [1.54, 1.807) is 12.1 Å². The molecule has 1 aliphatic rings. The van der Waals surface area contributed by atoms with E-state index in [1.165, 1.54) is 17.1 Å². The Balaban J connectivity index is 2.11. The van der Waals surface area contributed by atoms with Crippen molar-refractivity contribution < 1.29 is 9.18 Å². The van der Waals surface area contributed by atoms with Crippen molar-refractivity contribution in [2.24, 2.45) is 16.8 Å². The summed E-state index contributed by atoms with van der Waals surface area (Å²) in [6.07, 6.45) is 3.33. The maximum Gasteiger partial charge on any atom is 0.251 e. The molecule has 114 valence electrons. The zero-order valence-electron chi connectivity index (χ0n) is 12.4. The topological polar surface area (TPSA) is 58.7 Å². The van der Waals surface area contributed by atoms with Crippen LogP contribution in [-0.4, -0.2) is 23.2 Å². The van der Waals surface area contributed by atoms with Crippen molar-refractivity contribution in [3.63, 3.8) is 0 Å². The van der Waals surface area contributed by atoms with E-state index in [-0.39, 0.29) is 17.6 Å². The second-order valence-electron chi connectivity index (χ2n) is 5.35. The van der Waals surface area contributed by atoms with Gasteiger partial charge in [-0.2, -0.15) is 5.10 Å². The van der Waals surface area contributed by atoms with Gasteiger partial charge >= 0.3 is 0 Å². The molecule has 0 bridgehead atoms. The summed E-state index contributed by atoms with van der Waals surface area (Å²) in [5.41, 5.74) is 7.23. The Hall–Kier alpha value is -1.75. The summed E-state index contributed by atoms with van der Waals surface area (Å²) in [5.74, 6) is -0.435. The van der Waals surface area contributed by atoms with Crippen LogP contribution in [0.5, 0.6) is 0 Å². The Bertz CT molecular complexity index is 530. The predicted octanol–water partition coefficient (Wildman–Crippen LogP) is 2.68. The summed E-state index contributed by atoms with van der Waals surface area (Å²) in [6, 6.07) is 6.28. The molecule has 0 spiro atoms. The molecule has 2 N–H and O–H groups in total. The number of halogens is 1. The molecule has 1 aliphatic heterocycles. The fraction of sp³-hybridized carbons (Fsp3) is 0.500. The van der Waals surface area contributed by atoms with Crippen LogP contribution < -0.4 is 5.73 Å². The molecule has 1 aromatic rings. The van der Waals surface area contributed by atoms with Crippen molar-refractivity contribution in [3.8, 4) is 0 Å². The van der Waals surface area contributed by atoms with Crippen molar-refractivity contribution >= 4 is 11.6 Å². The molecule has 1 amide bonds. The zero-order valence-corrected chi connectivity index (χ0v) is 12.4. The second kappa shape index (κ2) is 7.31. The van der Waals surface area contributed by atoms with E-state index in [0.29, 0.717) is 13.1 Å². The summed E-state index contributed by atoms with van der Waals surface area (Å²) in [6.45, 7) is 2.97. The first-order chi connectivity index (χ1) is 10.2. The minimum absolute atomic E-state index is 0.0103. The molecule has 0 aliphatic carbocycles. The smallest absolute Gasteiger partial charge is 0.251 e. The lowest BCUT2D eigenvalue weighted by atomic mass is 9.94. The minimum atomic E-state index is -0.295. The number of nitrogens with two attached hydrogens (primary N) is 1. The SMILES string of the molecule is CCCC1=NN(Cc2cccc(F)c2)C(=O)C1CCCN. The van der Waals surface area contributed by atoms with Gasteiger partial charge in [-0.05, 0) is 43.5 Å². The summed E-state index contributed by atoms with van der Waals surface area (Å²) >= 11 is 0. The molecule has 1 unspecified atom stereocenters. The van der Waals surface area contributed by atoms with Crippen LogP contribution in [0.3, 0.4) is 0 Å². The molecular formula is C16H22FN3O. The Morgan fingerprint density at radius 3 is 2.90 bits per heavy atom. The molecular weight excluding hydrogens is 269 g/mol. The molecule has 1 heterocycles. The van der Waals surface area contributed by atoms with Crippen LogP contribution in [-0.2, 0) is 11.3 Å². The Kier molecular flexibility index (Phi) is 5.44. The van der Waals surface area contributed by atoms with Crippen molar-refractivity contribution in [2.45, 2.75) is 39.2 Å². The van der Waals surface area contributed by atoms with E-state index in [2.05, 4.69) is 12.0 Å². The van der Waals surface area contributed by atoms with Gasteiger partial charge in [0.25, 0.3) is 5.91 Å². The third-order valence-corrected chi connectivity index (χ3v) is 3.63. The lowest BCUT2D eigenvalue weighted by molar-refractivity contribution is -0.132. The number of hydrogen-bond acceptors (Lipinski definition) is 3. The van der Waals surface area contributed by atoms with Gasteiger partial charge < -0.3 is 5.73 Å². The number of hydrazone groups is 1. The molecule has 4 nitrogen and oxygen atoms in total. The van der Waals surface area contributed by atoms with E-state index < -0.39 is 0 Å². The van der Waals surface area contributed by atoms with Gasteiger partial charge in [0.1, 0.15) is 5.82 Å². The van der Waals surface area contributed by atoms with Gasteiger partial charge in [0.2, 0.25) is 0 Å². The van der Waals surface area contributed by atoms with Crippen molar-refractivity contribution in [1.82, 2.24) is 5.01 Å². The largest absolute Gasteiger partial charge is 0.330 e. The first-order valence-corrected chi connectivity index (χ1v) is 7.49. The monoisotopic (exact) mass is 291 g/mol. The van der Waals surface area contributed by atoms with Gasteiger partial charge in [-0.25, -0.2) is 9.40 Å². The predicted molar refractivity (Wildman–Crippen MR) is 81.1 cm³/mol. The third kappa shape index (κ3) is 3.88. The van der Waals surface area contributed by atoms with Gasteiger partial charge in [0, 0.05) is 0 Å². The van der Waals surface area contributed by atoms with Crippen LogP contribution in [0.15, 0.2) is 29.4 Å². The van der Waals surface area contributed by atoms with Crippen LogP contribution in [0, 0.1) is 11.7 Å². The lowest BCUT2D eigenvalue weighted by Gasteiger charge is -2.14. The molecule has 0 aromatic heterocycles. The summed E-state index contributed by atoms with van der Waals surface area (Å²) in [4.78, 5) is 12.5. The number of hydrogen-bond donors (Lipinski definition) is 1. The van der Waals surface area contributed by atoms with E-state index in [0.717, 1.165) is 37.0 Å². The number of carbonyl (C=O) groups is 1. The maximum atomic E-state index is 13.2. The minimum Gasteiger partial charge on any atom is -0.330 e. The highest BCUT2D eigenvalue weighted by molar-refractivity contribution is 6.07. The Morgan fingerprint density at radius 1 is 1.43 bits per heavy atom. The zero-order chi connectivity index (χ0) is 15.2. The van der Waals surface area contributed by atoms with Crippen LogP contribution >= 0.6 is 0 Å². The van der Waals surface area contributed by atoms with E-state index in [1.807, 2.05) is 0 Å². The normalized spacial score (nSPS) is 18.2. The highest BCUT2D eigenvalue weighted by Crippen LogP contribution is 2.24. The average Bonchev–Trinajstić information content (AvgIpc) is 2.73. The number of benzene rings is 1. The van der Waals surface area contributed by atoms with Crippen LogP contribution in [0.2, 0.25) is 0 Å². The fourth-order valence-corrected chi connectivity index (χ4v) is 2.61. The molecule has 0 saturated heterocycles. The van der Waals surface area contributed by atoms with E-state index in [9.17, 15) is 9.18 Å². The standard InChI is InChI=1S/C16H22FN3O/c1-2-5-15-14(8-4-9-18)16(21)20(19-15)11-12-6-3-7-13(17)10-12/h3,6-7,10,14H,2,4-5,8-9,11,18H2,1H3. The number of amides is 1. The molecule has 1 aromatic carbocycles. The quantitative estimate of drug-likeness (QED) is 0.839. The number of nitrogens with zero attached hydrogens (tertiary/aromatic N) is 2. The number of carbonyl (C=O) groups excluding carboxylic acids is 1. The highest BCUT2D eigenvalue weighted by atomic mass is 19.1. The fourth-order valence-electron chi connectivity index (χ4n) is 2.61. The molecule has 0 fully saturated rings. The van der Waals surface area contributed by atoms with Gasteiger partial charge in [-0.3, -0.25) is 4.79 Å². The molecule has 21 heavy (non-hydrogen) atoms. The van der Waals surface area contributed by atoms with Crippen molar-refractivity contribution in [1.29, 1.82) is 0 Å². The van der Waals surface area contributed by atoms with Gasteiger partial charge in [-0.1, -0.05) is 25.5 Å². The molecule has 2 rings (SSSR count). The summed E-state index contributed by atoms with van der Waals surface area (Å²) in [7, 11) is 0. The Morgan fingerprint density at radius 2 is 2.24 bits per heavy atom. The second-order valence-corrected chi connectivity index (χ2v) is 5.35. The van der Waals surface area contributed by atoms with Crippen molar-refractivity contribution in [3.05, 3.63) is 35.6 Å². The third-order valence-electron chi connectivity index (χ3n) is 3.63. The first kappa shape index (κ1) is 15.6. The van der Waals surface area contributed by atoms with E-state index >= 15 is 0 Å². The molecule has 0 radical (unpaired) electrons. The van der Waals surface area contributed by atoms with Gasteiger partial charge in [-0.15, -0.1) is 0 Å². The summed E-state index contributed by atoms with van der Waals surface area (Å²) < 4.78 is 13.2. The van der Waals surface area contributed by atoms with Gasteiger partial charge in [0.15, 0.2) is 0 Å². The summed E-state index contributed by atoms with van der Waals surface area (Å²) in [5, 5.41) is 5.93. The van der Waals surface area contributed by atoms with E-state index in [4.69, 9.17) is 5.73 Å². The van der Waals surface area contributed by atoms with Crippen molar-refractivity contribution in [2.75, 3.05) is 6.54 Å². The lowest BCUT2D eigenvalue weighted by Crippen LogP contribution is -2.28. The maximum absolute atomic E-state index is 13.2. The van der Waals surface area contributed by atoms with Crippen LogP contribution in [0.4, 0.5) is 4.39 Å². The Labute approximate surface area is 124 Å². The van der Waals surface area contributed by atoms with Gasteiger partial charge in [0.05, 0.1) is 18.2 Å². The molecule has 5 heteroatoms. The average molecular weight is 291 g/mol. The molecule has 0 saturated carbocycles.